The molecule has 0 bridgehead atoms. The molecule has 1 saturated carbocycles. The van der Waals surface area contributed by atoms with Crippen molar-refractivity contribution in [3.05, 3.63) is 77.6 Å². The topological polar surface area (TPSA) is 71.1 Å². The van der Waals surface area contributed by atoms with Crippen LogP contribution >= 0.6 is 0 Å². The maximum Gasteiger partial charge on any atom is 0.251 e. The maximum absolute atomic E-state index is 12.4. The first-order chi connectivity index (χ1) is 12.7. The lowest BCUT2D eigenvalue weighted by Crippen LogP contribution is -2.26. The summed E-state index contributed by atoms with van der Waals surface area (Å²) in [5.41, 5.74) is 1.93. The third-order valence-electron chi connectivity index (χ3n) is 4.49. The van der Waals surface area contributed by atoms with Crippen molar-refractivity contribution >= 4 is 22.6 Å². The van der Waals surface area contributed by atoms with Gasteiger partial charge in [0.2, 0.25) is 0 Å². The van der Waals surface area contributed by atoms with Gasteiger partial charge in [0.25, 0.3) is 11.8 Å². The highest BCUT2D eigenvalue weighted by molar-refractivity contribution is 5.98. The largest absolute Gasteiger partial charge is 0.349 e. The third kappa shape index (κ3) is 3.57. The van der Waals surface area contributed by atoms with Gasteiger partial charge in [0.15, 0.2) is 0 Å². The Hall–Kier alpha value is -3.21. The molecule has 2 N–H and O–H groups in total. The molecule has 0 unspecified atom stereocenters. The van der Waals surface area contributed by atoms with Crippen molar-refractivity contribution in [3.8, 4) is 0 Å². The number of amides is 2. The van der Waals surface area contributed by atoms with Gasteiger partial charge in [-0.2, -0.15) is 0 Å². The first kappa shape index (κ1) is 16.3. The van der Waals surface area contributed by atoms with E-state index in [-0.39, 0.29) is 11.8 Å². The molecule has 0 radical (unpaired) electrons. The molecule has 0 atom stereocenters. The molecule has 130 valence electrons. The SMILES string of the molecule is O=C(NCc1nccc2ccccc12)c1ccc(C(=O)NC2CC2)cc1. The average molecular weight is 345 g/mol. The summed E-state index contributed by atoms with van der Waals surface area (Å²) >= 11 is 0. The Morgan fingerprint density at radius 3 is 2.35 bits per heavy atom. The molecular weight excluding hydrogens is 326 g/mol. The number of fused-ring (bicyclic) bond motifs is 1. The minimum absolute atomic E-state index is 0.0839. The quantitative estimate of drug-likeness (QED) is 0.746. The Bertz CT molecular complexity index is 957. The van der Waals surface area contributed by atoms with Crippen molar-refractivity contribution in [3.63, 3.8) is 0 Å². The number of pyridine rings is 1. The minimum atomic E-state index is -0.186. The van der Waals surface area contributed by atoms with E-state index in [1.807, 2.05) is 30.3 Å². The van der Waals surface area contributed by atoms with Crippen LogP contribution in [-0.2, 0) is 6.54 Å². The van der Waals surface area contributed by atoms with Crippen molar-refractivity contribution in [2.24, 2.45) is 0 Å². The fraction of sp³-hybridized carbons (Fsp3) is 0.190. The summed E-state index contributed by atoms with van der Waals surface area (Å²) in [6.07, 6.45) is 3.85. The molecule has 0 spiro atoms. The summed E-state index contributed by atoms with van der Waals surface area (Å²) in [7, 11) is 0. The smallest absolute Gasteiger partial charge is 0.251 e. The van der Waals surface area contributed by atoms with Crippen molar-refractivity contribution in [2.75, 3.05) is 0 Å². The third-order valence-corrected chi connectivity index (χ3v) is 4.49. The normalized spacial score (nSPS) is 13.4. The standard InChI is InChI=1S/C21H19N3O2/c25-20(15-5-7-16(8-6-15)21(26)24-17-9-10-17)23-13-19-18-4-2-1-3-14(18)11-12-22-19/h1-8,11-12,17H,9-10,13H2,(H,23,25)(H,24,26). The zero-order valence-corrected chi connectivity index (χ0v) is 14.2. The van der Waals surface area contributed by atoms with E-state index >= 15 is 0 Å². The number of rotatable bonds is 5. The van der Waals surface area contributed by atoms with Gasteiger partial charge in [0, 0.05) is 28.8 Å². The van der Waals surface area contributed by atoms with Crippen LogP contribution in [0.25, 0.3) is 10.8 Å². The highest BCUT2D eigenvalue weighted by atomic mass is 16.2. The number of hydrogen-bond donors (Lipinski definition) is 2. The van der Waals surface area contributed by atoms with Crippen LogP contribution < -0.4 is 10.6 Å². The van der Waals surface area contributed by atoms with E-state index < -0.39 is 0 Å². The summed E-state index contributed by atoms with van der Waals surface area (Å²) < 4.78 is 0. The lowest BCUT2D eigenvalue weighted by atomic mass is 10.1. The maximum atomic E-state index is 12.4. The molecule has 1 aromatic heterocycles. The van der Waals surface area contributed by atoms with Crippen molar-refractivity contribution in [1.29, 1.82) is 0 Å². The Balaban J connectivity index is 1.42. The van der Waals surface area contributed by atoms with E-state index in [1.165, 1.54) is 0 Å². The van der Waals surface area contributed by atoms with E-state index in [1.54, 1.807) is 30.5 Å². The van der Waals surface area contributed by atoms with Gasteiger partial charge >= 0.3 is 0 Å². The van der Waals surface area contributed by atoms with Gasteiger partial charge in [-0.1, -0.05) is 24.3 Å². The summed E-state index contributed by atoms with van der Waals surface area (Å²) in [5.74, 6) is -0.270. The van der Waals surface area contributed by atoms with E-state index in [0.29, 0.717) is 23.7 Å². The molecule has 2 amide bonds. The van der Waals surface area contributed by atoms with Gasteiger partial charge in [-0.25, -0.2) is 0 Å². The summed E-state index contributed by atoms with van der Waals surface area (Å²) in [4.78, 5) is 28.8. The molecule has 0 aliphatic heterocycles. The Morgan fingerprint density at radius 1 is 0.923 bits per heavy atom. The van der Waals surface area contributed by atoms with Crippen LogP contribution in [0.2, 0.25) is 0 Å². The molecule has 5 heteroatoms. The van der Waals surface area contributed by atoms with Crippen molar-refractivity contribution in [1.82, 2.24) is 15.6 Å². The number of aromatic nitrogens is 1. The van der Waals surface area contributed by atoms with Gasteiger partial charge in [0.05, 0.1) is 12.2 Å². The van der Waals surface area contributed by atoms with Gasteiger partial charge < -0.3 is 10.6 Å². The zero-order valence-electron chi connectivity index (χ0n) is 14.2. The van der Waals surface area contributed by atoms with Gasteiger partial charge in [-0.3, -0.25) is 14.6 Å². The van der Waals surface area contributed by atoms with Crippen LogP contribution in [0.15, 0.2) is 60.8 Å². The predicted octanol–water partition coefficient (Wildman–Crippen LogP) is 3.06. The van der Waals surface area contributed by atoms with E-state index in [4.69, 9.17) is 0 Å². The second kappa shape index (κ2) is 6.96. The molecule has 1 fully saturated rings. The van der Waals surface area contributed by atoms with Crippen LogP contribution in [0.1, 0.15) is 39.3 Å². The number of benzene rings is 2. The van der Waals surface area contributed by atoms with Gasteiger partial charge in [0.1, 0.15) is 0 Å². The molecule has 3 aromatic rings. The number of carbonyl (C=O) groups is 2. The van der Waals surface area contributed by atoms with E-state index in [9.17, 15) is 9.59 Å². The average Bonchev–Trinajstić information content (AvgIpc) is 3.50. The molecule has 1 aliphatic rings. The Labute approximate surface area is 151 Å². The molecule has 1 heterocycles. The van der Waals surface area contributed by atoms with Gasteiger partial charge in [-0.15, -0.1) is 0 Å². The van der Waals surface area contributed by atoms with Crippen LogP contribution in [0.4, 0.5) is 0 Å². The monoisotopic (exact) mass is 345 g/mol. The number of nitrogens with zero attached hydrogens (tertiary/aromatic N) is 1. The fourth-order valence-electron chi connectivity index (χ4n) is 2.86. The summed E-state index contributed by atoms with van der Waals surface area (Å²) in [6, 6.07) is 16.9. The van der Waals surface area contributed by atoms with E-state index in [2.05, 4.69) is 15.6 Å². The molecule has 0 saturated heterocycles. The highest BCUT2D eigenvalue weighted by Gasteiger charge is 2.23. The molecule has 5 nitrogen and oxygen atoms in total. The second-order valence-corrected chi connectivity index (χ2v) is 6.49. The van der Waals surface area contributed by atoms with Crippen LogP contribution in [0, 0.1) is 0 Å². The number of carbonyl (C=O) groups excluding carboxylic acids is 2. The molecule has 1 aliphatic carbocycles. The van der Waals surface area contributed by atoms with Crippen LogP contribution in [-0.4, -0.2) is 22.8 Å². The molecule has 2 aromatic carbocycles. The van der Waals surface area contributed by atoms with Crippen LogP contribution in [0.5, 0.6) is 0 Å². The Kier molecular flexibility index (Phi) is 4.35. The first-order valence-electron chi connectivity index (χ1n) is 8.72. The number of nitrogens with one attached hydrogen (secondary N) is 2. The van der Waals surface area contributed by atoms with Crippen molar-refractivity contribution < 1.29 is 9.59 Å². The summed E-state index contributed by atoms with van der Waals surface area (Å²) in [5, 5.41) is 7.96. The second-order valence-electron chi connectivity index (χ2n) is 6.49. The highest BCUT2D eigenvalue weighted by Crippen LogP contribution is 2.19. The molecular formula is C21H19N3O2. The zero-order chi connectivity index (χ0) is 17.9. The van der Waals surface area contributed by atoms with Crippen LogP contribution in [0.3, 0.4) is 0 Å². The lowest BCUT2D eigenvalue weighted by Gasteiger charge is -2.08. The molecule has 26 heavy (non-hydrogen) atoms. The minimum Gasteiger partial charge on any atom is -0.349 e. The number of hydrogen-bond acceptors (Lipinski definition) is 3. The summed E-state index contributed by atoms with van der Waals surface area (Å²) in [6.45, 7) is 0.351. The van der Waals surface area contributed by atoms with E-state index in [0.717, 1.165) is 29.3 Å². The van der Waals surface area contributed by atoms with Gasteiger partial charge in [-0.05, 0) is 48.6 Å². The fourth-order valence-corrected chi connectivity index (χ4v) is 2.86. The molecule has 4 rings (SSSR count). The first-order valence-corrected chi connectivity index (χ1v) is 8.72. The van der Waals surface area contributed by atoms with Crippen molar-refractivity contribution in [2.45, 2.75) is 25.4 Å². The Morgan fingerprint density at radius 2 is 1.62 bits per heavy atom. The predicted molar refractivity (Wildman–Crippen MR) is 99.8 cm³/mol. The lowest BCUT2D eigenvalue weighted by molar-refractivity contribution is 0.0939.